The lowest BCUT2D eigenvalue weighted by atomic mass is 10.4. The Morgan fingerprint density at radius 2 is 2.31 bits per heavy atom. The van der Waals surface area contributed by atoms with E-state index in [2.05, 4.69) is 4.98 Å². The zero-order valence-corrected chi connectivity index (χ0v) is 7.61. The Balaban J connectivity index is 3.01. The van der Waals surface area contributed by atoms with Crippen molar-refractivity contribution in [3.8, 4) is 0 Å². The van der Waals surface area contributed by atoms with Gasteiger partial charge in [0, 0.05) is 19.4 Å². The second kappa shape index (κ2) is 4.04. The molecule has 5 heteroatoms. The van der Waals surface area contributed by atoms with Crippen molar-refractivity contribution in [2.45, 2.75) is 19.6 Å². The quantitative estimate of drug-likeness (QED) is 0.693. The van der Waals surface area contributed by atoms with Crippen molar-refractivity contribution in [2.75, 3.05) is 7.11 Å². The first kappa shape index (κ1) is 9.73. The molecule has 1 unspecified atom stereocenters. The van der Waals surface area contributed by atoms with Crippen LogP contribution in [0.3, 0.4) is 0 Å². The average molecular weight is 184 g/mol. The number of nitrogens with zero attached hydrogens (tertiary/aromatic N) is 1. The Morgan fingerprint density at radius 3 is 2.85 bits per heavy atom. The van der Waals surface area contributed by atoms with Gasteiger partial charge in [-0.25, -0.2) is 4.79 Å². The highest BCUT2D eigenvalue weighted by atomic mass is 16.5. The molecular weight excluding hydrogens is 172 g/mol. The van der Waals surface area contributed by atoms with Crippen LogP contribution in [-0.4, -0.2) is 22.8 Å². The third kappa shape index (κ3) is 2.29. The fourth-order valence-electron chi connectivity index (χ4n) is 0.957. The van der Waals surface area contributed by atoms with E-state index in [0.717, 1.165) is 4.57 Å². The number of aromatic nitrogens is 2. The van der Waals surface area contributed by atoms with E-state index in [0.29, 0.717) is 0 Å². The molecule has 0 radical (unpaired) electrons. The van der Waals surface area contributed by atoms with Crippen LogP contribution in [0, 0.1) is 0 Å². The van der Waals surface area contributed by atoms with Crippen molar-refractivity contribution in [3.05, 3.63) is 33.1 Å². The van der Waals surface area contributed by atoms with Gasteiger partial charge in [0.2, 0.25) is 0 Å². The van der Waals surface area contributed by atoms with Gasteiger partial charge in [-0.15, -0.1) is 0 Å². The Hall–Kier alpha value is -1.36. The molecule has 0 fully saturated rings. The number of ether oxygens (including phenoxy) is 1. The number of methoxy groups -OCH3 is 1. The third-order valence-corrected chi connectivity index (χ3v) is 1.79. The second-order valence-electron chi connectivity index (χ2n) is 2.78. The van der Waals surface area contributed by atoms with E-state index in [-0.39, 0.29) is 18.2 Å². The second-order valence-corrected chi connectivity index (χ2v) is 2.78. The molecule has 1 aromatic heterocycles. The lowest BCUT2D eigenvalue weighted by Crippen LogP contribution is -2.37. The molecule has 0 saturated carbocycles. The van der Waals surface area contributed by atoms with Crippen LogP contribution in [0.4, 0.5) is 0 Å². The van der Waals surface area contributed by atoms with E-state index in [1.165, 1.54) is 19.4 Å². The smallest absolute Gasteiger partial charge is 0.328 e. The first-order valence-corrected chi connectivity index (χ1v) is 3.96. The maximum absolute atomic E-state index is 11.2. The maximum Gasteiger partial charge on any atom is 0.328 e. The molecule has 0 spiro atoms. The summed E-state index contributed by atoms with van der Waals surface area (Å²) in [7, 11) is 1.53. The van der Waals surface area contributed by atoms with E-state index in [9.17, 15) is 9.59 Å². The number of nitrogens with one attached hydrogen (secondary N) is 1. The standard InChI is InChI=1S/C8H12N2O3/c1-6(13-2)5-10-7(11)3-4-9-8(10)12/h3-4,6H,5H2,1-2H3,(H,9,12). The van der Waals surface area contributed by atoms with Gasteiger partial charge in [-0.05, 0) is 6.92 Å². The minimum absolute atomic E-state index is 0.152. The van der Waals surface area contributed by atoms with Crippen molar-refractivity contribution in [1.82, 2.24) is 9.55 Å². The molecule has 0 amide bonds. The van der Waals surface area contributed by atoms with Gasteiger partial charge in [-0.1, -0.05) is 0 Å². The first-order valence-electron chi connectivity index (χ1n) is 3.96. The van der Waals surface area contributed by atoms with E-state index >= 15 is 0 Å². The fourth-order valence-corrected chi connectivity index (χ4v) is 0.957. The van der Waals surface area contributed by atoms with Gasteiger partial charge < -0.3 is 9.72 Å². The molecule has 1 aromatic rings. The molecule has 13 heavy (non-hydrogen) atoms. The highest BCUT2D eigenvalue weighted by molar-refractivity contribution is 4.83. The predicted octanol–water partition coefficient (Wildman–Crippen LogP) is -0.429. The van der Waals surface area contributed by atoms with Crippen LogP contribution >= 0.6 is 0 Å². The summed E-state index contributed by atoms with van der Waals surface area (Å²) in [4.78, 5) is 24.7. The van der Waals surface area contributed by atoms with Crippen molar-refractivity contribution >= 4 is 0 Å². The monoisotopic (exact) mass is 184 g/mol. The largest absolute Gasteiger partial charge is 0.380 e. The van der Waals surface area contributed by atoms with E-state index < -0.39 is 5.69 Å². The molecule has 0 aliphatic carbocycles. The summed E-state index contributed by atoms with van der Waals surface area (Å²) in [5, 5.41) is 0. The summed E-state index contributed by atoms with van der Waals surface area (Å²) in [6.07, 6.45) is 1.18. The molecule has 1 heterocycles. The summed E-state index contributed by atoms with van der Waals surface area (Å²) in [5.74, 6) is 0. The number of H-pyrrole nitrogens is 1. The highest BCUT2D eigenvalue weighted by Crippen LogP contribution is 1.88. The Kier molecular flexibility index (Phi) is 3.02. The summed E-state index contributed by atoms with van der Waals surface area (Å²) >= 11 is 0. The highest BCUT2D eigenvalue weighted by Gasteiger charge is 2.04. The van der Waals surface area contributed by atoms with Crippen LogP contribution in [-0.2, 0) is 11.3 Å². The van der Waals surface area contributed by atoms with Crippen LogP contribution in [0.5, 0.6) is 0 Å². The molecule has 5 nitrogen and oxygen atoms in total. The van der Waals surface area contributed by atoms with E-state index in [1.807, 2.05) is 0 Å². The van der Waals surface area contributed by atoms with Gasteiger partial charge in [0.25, 0.3) is 5.56 Å². The van der Waals surface area contributed by atoms with Gasteiger partial charge in [-0.2, -0.15) is 0 Å². The van der Waals surface area contributed by atoms with Gasteiger partial charge in [0.15, 0.2) is 0 Å². The molecule has 1 rings (SSSR count). The SMILES string of the molecule is COC(C)Cn1c(=O)cc[nH]c1=O. The molecular formula is C8H12N2O3. The summed E-state index contributed by atoms with van der Waals surface area (Å²) in [6, 6.07) is 1.31. The number of aromatic amines is 1. The van der Waals surface area contributed by atoms with Gasteiger partial charge in [0.1, 0.15) is 0 Å². The van der Waals surface area contributed by atoms with Crippen molar-refractivity contribution in [1.29, 1.82) is 0 Å². The number of rotatable bonds is 3. The van der Waals surface area contributed by atoms with Crippen LogP contribution in [0.15, 0.2) is 21.9 Å². The average Bonchev–Trinajstić information content (AvgIpc) is 2.11. The number of hydrogen-bond donors (Lipinski definition) is 1. The Bertz CT molecular complexity index is 351. The molecule has 1 atom stereocenters. The van der Waals surface area contributed by atoms with Crippen LogP contribution in [0.25, 0.3) is 0 Å². The summed E-state index contributed by atoms with van der Waals surface area (Å²) in [6.45, 7) is 2.06. The zero-order valence-electron chi connectivity index (χ0n) is 7.61. The van der Waals surface area contributed by atoms with Crippen molar-refractivity contribution in [2.24, 2.45) is 0 Å². The fraction of sp³-hybridized carbons (Fsp3) is 0.500. The lowest BCUT2D eigenvalue weighted by molar-refractivity contribution is 0.101. The number of hydrogen-bond acceptors (Lipinski definition) is 3. The van der Waals surface area contributed by atoms with Gasteiger partial charge in [0.05, 0.1) is 12.6 Å². The van der Waals surface area contributed by atoms with Crippen LogP contribution < -0.4 is 11.2 Å². The molecule has 0 saturated heterocycles. The topological polar surface area (TPSA) is 64.1 Å². The summed E-state index contributed by atoms with van der Waals surface area (Å²) in [5.41, 5.74) is -0.718. The molecule has 0 bridgehead atoms. The predicted molar refractivity (Wildman–Crippen MR) is 47.8 cm³/mol. The Labute approximate surface area is 75.0 Å². The van der Waals surface area contributed by atoms with Crippen molar-refractivity contribution in [3.63, 3.8) is 0 Å². The minimum Gasteiger partial charge on any atom is -0.380 e. The zero-order chi connectivity index (χ0) is 9.84. The molecule has 72 valence electrons. The maximum atomic E-state index is 11.2. The van der Waals surface area contributed by atoms with Gasteiger partial charge in [-0.3, -0.25) is 9.36 Å². The lowest BCUT2D eigenvalue weighted by Gasteiger charge is -2.09. The first-order chi connectivity index (χ1) is 6.15. The van der Waals surface area contributed by atoms with Crippen LogP contribution in [0.2, 0.25) is 0 Å². The third-order valence-electron chi connectivity index (χ3n) is 1.79. The molecule has 0 aliphatic rings. The Morgan fingerprint density at radius 1 is 1.62 bits per heavy atom. The molecule has 1 N–H and O–H groups in total. The van der Waals surface area contributed by atoms with Crippen LogP contribution in [0.1, 0.15) is 6.92 Å². The summed E-state index contributed by atoms with van der Waals surface area (Å²) < 4.78 is 6.06. The van der Waals surface area contributed by atoms with Crippen molar-refractivity contribution < 1.29 is 4.74 Å². The van der Waals surface area contributed by atoms with E-state index in [1.54, 1.807) is 6.92 Å². The van der Waals surface area contributed by atoms with E-state index in [4.69, 9.17) is 4.74 Å². The normalized spacial score (nSPS) is 12.8. The van der Waals surface area contributed by atoms with Gasteiger partial charge >= 0.3 is 5.69 Å². The molecule has 0 aromatic carbocycles. The minimum atomic E-state index is -0.406. The molecule has 0 aliphatic heterocycles.